The molecule has 0 spiro atoms. The van der Waals surface area contributed by atoms with Crippen molar-refractivity contribution in [3.8, 4) is 5.69 Å². The number of hydrogen-bond donors (Lipinski definition) is 3. The highest BCUT2D eigenvalue weighted by atomic mass is 16.5. The lowest BCUT2D eigenvalue weighted by Crippen LogP contribution is -2.53. The van der Waals surface area contributed by atoms with Crippen molar-refractivity contribution in [2.75, 3.05) is 0 Å². The number of H-pyrrole nitrogens is 1. The summed E-state index contributed by atoms with van der Waals surface area (Å²) in [6.07, 6.45) is 0.901. The minimum atomic E-state index is -0.874. The van der Waals surface area contributed by atoms with Crippen LogP contribution >= 0.6 is 0 Å². The van der Waals surface area contributed by atoms with Gasteiger partial charge < -0.3 is 10.6 Å². The molecule has 2 heterocycles. The van der Waals surface area contributed by atoms with Crippen LogP contribution in [0.2, 0.25) is 0 Å². The van der Waals surface area contributed by atoms with Gasteiger partial charge in [-0.25, -0.2) is 9.59 Å². The number of hydrogen-bond acceptors (Lipinski definition) is 4. The first-order chi connectivity index (χ1) is 12.7. The summed E-state index contributed by atoms with van der Waals surface area (Å²) in [7, 11) is 0. The summed E-state index contributed by atoms with van der Waals surface area (Å²) in [4.78, 5) is 37.6. The highest BCUT2D eigenvalue weighted by Gasteiger charge is 2.46. The summed E-state index contributed by atoms with van der Waals surface area (Å²) in [6, 6.07) is 6.14. The average molecular weight is 369 g/mol. The van der Waals surface area contributed by atoms with Gasteiger partial charge in [0.2, 0.25) is 5.69 Å². The zero-order valence-electron chi connectivity index (χ0n) is 15.4. The number of amides is 2. The van der Waals surface area contributed by atoms with Crippen LogP contribution in [0.4, 0.5) is 4.79 Å². The Morgan fingerprint density at radius 3 is 2.52 bits per heavy atom. The molecule has 0 saturated heterocycles. The van der Waals surface area contributed by atoms with Crippen LogP contribution < -0.4 is 20.9 Å². The molecule has 1 aliphatic carbocycles. The summed E-state index contributed by atoms with van der Waals surface area (Å²) in [5.74, 6) is -0.0881. The number of aromatic nitrogens is 2. The first-order valence-electron chi connectivity index (χ1n) is 8.79. The van der Waals surface area contributed by atoms with E-state index in [0.29, 0.717) is 29.8 Å². The number of allylic oxidation sites excluding steroid dienone is 1. The molecule has 1 unspecified atom stereocenters. The Labute approximate surface area is 155 Å². The van der Waals surface area contributed by atoms with Gasteiger partial charge in [-0.2, -0.15) is 0 Å². The zero-order valence-corrected chi connectivity index (χ0v) is 15.4. The predicted octanol–water partition coefficient (Wildman–Crippen LogP) is 1.55. The first-order valence-corrected chi connectivity index (χ1v) is 8.79. The van der Waals surface area contributed by atoms with Crippen molar-refractivity contribution in [1.29, 1.82) is 0 Å². The zero-order chi connectivity index (χ0) is 19.3. The minimum absolute atomic E-state index is 0.0881. The second kappa shape index (κ2) is 5.94. The van der Waals surface area contributed by atoms with E-state index < -0.39 is 17.7 Å². The Hall–Kier alpha value is -3.16. The number of ketones is 1. The SMILES string of the molecule is Cc1ccc(-[n+]2[nH]oc(=O)c2C2NC(=O)NC3=C2C(=O)CC(C)(C)C3)cc1. The highest BCUT2D eigenvalue weighted by molar-refractivity contribution is 6.01. The second-order valence-electron chi connectivity index (χ2n) is 7.90. The van der Waals surface area contributed by atoms with E-state index in [2.05, 4.69) is 15.9 Å². The van der Waals surface area contributed by atoms with Gasteiger partial charge in [-0.1, -0.05) is 31.5 Å². The van der Waals surface area contributed by atoms with Gasteiger partial charge in [-0.05, 0) is 28.7 Å². The van der Waals surface area contributed by atoms with Crippen molar-refractivity contribution >= 4 is 11.8 Å². The van der Waals surface area contributed by atoms with Crippen LogP contribution in [0.15, 0.2) is 44.9 Å². The maximum atomic E-state index is 12.9. The van der Waals surface area contributed by atoms with Crippen molar-refractivity contribution in [3.05, 3.63) is 57.2 Å². The van der Waals surface area contributed by atoms with E-state index in [4.69, 9.17) is 4.52 Å². The summed E-state index contributed by atoms with van der Waals surface area (Å²) >= 11 is 0. The van der Waals surface area contributed by atoms with Gasteiger partial charge in [-0.15, -0.1) is 0 Å². The fourth-order valence-corrected chi connectivity index (χ4v) is 3.78. The third kappa shape index (κ3) is 2.97. The number of carbonyl (C=O) groups excluding carboxylic acids is 2. The summed E-state index contributed by atoms with van der Waals surface area (Å²) < 4.78 is 6.47. The molecule has 2 amide bonds. The van der Waals surface area contributed by atoms with Crippen LogP contribution in [0.1, 0.15) is 44.0 Å². The number of Topliss-reactive ketones (excluding diaryl/α,β-unsaturated/α-hetero) is 1. The average Bonchev–Trinajstić information content (AvgIpc) is 2.94. The number of aromatic amines is 1. The number of nitrogens with one attached hydrogen (secondary N) is 3. The molecule has 140 valence electrons. The van der Waals surface area contributed by atoms with Crippen LogP contribution in [0.5, 0.6) is 0 Å². The molecule has 8 nitrogen and oxygen atoms in total. The Morgan fingerprint density at radius 1 is 1.11 bits per heavy atom. The van der Waals surface area contributed by atoms with E-state index in [-0.39, 0.29) is 16.9 Å². The smallest absolute Gasteiger partial charge is 0.320 e. The third-order valence-corrected chi connectivity index (χ3v) is 4.99. The molecule has 1 aliphatic heterocycles. The van der Waals surface area contributed by atoms with Crippen molar-refractivity contribution in [1.82, 2.24) is 15.9 Å². The summed E-state index contributed by atoms with van der Waals surface area (Å²) in [5, 5.41) is 8.02. The number of urea groups is 1. The van der Waals surface area contributed by atoms with Gasteiger partial charge in [0.1, 0.15) is 0 Å². The quantitative estimate of drug-likeness (QED) is 0.698. The Morgan fingerprint density at radius 2 is 1.81 bits per heavy atom. The first kappa shape index (κ1) is 17.3. The van der Waals surface area contributed by atoms with E-state index in [1.54, 1.807) is 0 Å². The van der Waals surface area contributed by atoms with E-state index >= 15 is 0 Å². The normalized spacial score (nSPS) is 21.5. The van der Waals surface area contributed by atoms with Crippen molar-refractivity contribution in [3.63, 3.8) is 0 Å². The molecule has 8 heteroatoms. The van der Waals surface area contributed by atoms with Gasteiger partial charge in [0, 0.05) is 29.8 Å². The molecule has 0 fully saturated rings. The fraction of sp³-hybridized carbons (Fsp3) is 0.368. The molecule has 1 atom stereocenters. The second-order valence-corrected chi connectivity index (χ2v) is 7.90. The Bertz CT molecular complexity index is 1030. The molecular formula is C19H21N4O4+. The van der Waals surface area contributed by atoms with E-state index in [1.165, 1.54) is 4.68 Å². The molecule has 4 rings (SSSR count). The topological polar surface area (TPSA) is 108 Å². The highest BCUT2D eigenvalue weighted by Crippen LogP contribution is 2.40. The van der Waals surface area contributed by atoms with Crippen LogP contribution in [-0.2, 0) is 4.79 Å². The molecule has 27 heavy (non-hydrogen) atoms. The lowest BCUT2D eigenvalue weighted by molar-refractivity contribution is -0.678. The Balaban J connectivity index is 1.87. The van der Waals surface area contributed by atoms with E-state index in [1.807, 2.05) is 45.0 Å². The number of aryl methyl sites for hydroxylation is 1. The maximum Gasteiger partial charge on any atom is 0.433 e. The van der Waals surface area contributed by atoms with Crippen molar-refractivity contribution < 1.29 is 18.8 Å². The standard InChI is InChI=1S/C19H20N4O4/c1-10-4-6-11(7-5-10)23-16(17(25)27-22-23)15-14-12(20-18(26)21-15)8-19(2,3)9-13(14)24/h4-7,15H,8-9H2,1-3H3,(H2-,20,21,22,24,25,26)/p+1. The molecule has 1 aromatic heterocycles. The molecule has 3 N–H and O–H groups in total. The number of carbonyl (C=O) groups is 2. The monoisotopic (exact) mass is 369 g/mol. The van der Waals surface area contributed by atoms with Crippen molar-refractivity contribution in [2.45, 2.75) is 39.7 Å². The summed E-state index contributed by atoms with van der Waals surface area (Å²) in [6.45, 7) is 5.92. The van der Waals surface area contributed by atoms with Crippen LogP contribution in [0.25, 0.3) is 5.69 Å². The van der Waals surface area contributed by atoms with Gasteiger partial charge in [0.25, 0.3) is 0 Å². The predicted molar refractivity (Wildman–Crippen MR) is 95.1 cm³/mol. The lowest BCUT2D eigenvalue weighted by Gasteiger charge is -2.36. The minimum Gasteiger partial charge on any atom is -0.320 e. The van der Waals surface area contributed by atoms with E-state index in [0.717, 1.165) is 5.56 Å². The third-order valence-electron chi connectivity index (χ3n) is 4.99. The van der Waals surface area contributed by atoms with Crippen LogP contribution in [-0.4, -0.2) is 17.1 Å². The lowest BCUT2D eigenvalue weighted by atomic mass is 9.73. The molecule has 2 aromatic rings. The van der Waals surface area contributed by atoms with Gasteiger partial charge >= 0.3 is 17.4 Å². The maximum absolute atomic E-state index is 12.9. The molecular weight excluding hydrogens is 348 g/mol. The molecule has 0 bridgehead atoms. The number of rotatable bonds is 2. The van der Waals surface area contributed by atoms with E-state index in [9.17, 15) is 14.4 Å². The largest absolute Gasteiger partial charge is 0.433 e. The van der Waals surface area contributed by atoms with Crippen LogP contribution in [0.3, 0.4) is 0 Å². The van der Waals surface area contributed by atoms with Crippen LogP contribution in [0, 0.1) is 12.3 Å². The van der Waals surface area contributed by atoms with Gasteiger partial charge in [-0.3, -0.25) is 9.32 Å². The van der Waals surface area contributed by atoms with Crippen molar-refractivity contribution in [2.24, 2.45) is 5.41 Å². The number of nitrogens with zero attached hydrogens (tertiary/aromatic N) is 1. The molecule has 0 radical (unpaired) electrons. The molecule has 1 aromatic carbocycles. The molecule has 0 saturated carbocycles. The number of benzene rings is 1. The van der Waals surface area contributed by atoms with Gasteiger partial charge in [0.15, 0.2) is 11.8 Å². The molecule has 2 aliphatic rings. The fourth-order valence-electron chi connectivity index (χ4n) is 3.78. The van der Waals surface area contributed by atoms with Gasteiger partial charge in [0.05, 0.1) is 0 Å². The Kier molecular flexibility index (Phi) is 3.80. The summed E-state index contributed by atoms with van der Waals surface area (Å²) in [5.41, 5.74) is 2.00.